The number of likely N-dealkylation sites (N-methyl/N-ethyl adjacent to an activating group) is 2. The van der Waals surface area contributed by atoms with Gasteiger partial charge in [0.05, 0.1) is 16.9 Å². The Labute approximate surface area is 161 Å². The topological polar surface area (TPSA) is 86.6 Å². The molecule has 9 heteroatoms. The Bertz CT molecular complexity index is 783. The lowest BCUT2D eigenvalue weighted by atomic mass is 10.2. The number of thiophene rings is 1. The molecule has 0 aliphatic rings. The number of aliphatic hydroxyl groups is 1. The Morgan fingerprint density at radius 3 is 2.62 bits per heavy atom. The minimum atomic E-state index is -0.767. The van der Waals surface area contributed by atoms with Gasteiger partial charge < -0.3 is 14.9 Å². The fourth-order valence-corrected chi connectivity index (χ4v) is 3.44. The number of hydrogen-bond donors (Lipinski definition) is 1. The van der Waals surface area contributed by atoms with Crippen LogP contribution in [-0.4, -0.2) is 65.0 Å². The predicted molar refractivity (Wildman–Crippen MR) is 102 cm³/mol. The Kier molecular flexibility index (Phi) is 7.07. The van der Waals surface area contributed by atoms with Crippen LogP contribution in [0.4, 0.5) is 5.82 Å². The van der Waals surface area contributed by atoms with Crippen molar-refractivity contribution in [2.75, 3.05) is 32.1 Å². The summed E-state index contributed by atoms with van der Waals surface area (Å²) in [5.74, 6) is 0.291. The van der Waals surface area contributed by atoms with E-state index in [1.807, 2.05) is 6.07 Å². The highest BCUT2D eigenvalue weighted by Gasteiger charge is 2.17. The second-order valence-electron chi connectivity index (χ2n) is 6.01. The standard InChI is InChI=1S/C17H21ClN4O3S/c1-11(23)14-7-16(20-10-19-14)21(2)8-12(24)9-22(3)17(25)6-13-4-5-15(18)26-13/h4-5,7,10,12,24H,6,8-9H2,1-3H3. The number of amides is 1. The molecule has 0 saturated heterocycles. The lowest BCUT2D eigenvalue weighted by Gasteiger charge is -2.25. The molecule has 2 heterocycles. The van der Waals surface area contributed by atoms with Gasteiger partial charge in [-0.2, -0.15) is 0 Å². The molecule has 1 atom stereocenters. The molecule has 0 fully saturated rings. The van der Waals surface area contributed by atoms with Gasteiger partial charge in [0.2, 0.25) is 5.91 Å². The Balaban J connectivity index is 1.88. The minimum absolute atomic E-state index is 0.0916. The van der Waals surface area contributed by atoms with Crippen molar-refractivity contribution >= 4 is 40.4 Å². The first-order chi connectivity index (χ1) is 12.3. The molecule has 0 saturated carbocycles. The number of ketones is 1. The SMILES string of the molecule is CC(=O)c1cc(N(C)CC(O)CN(C)C(=O)Cc2ccc(Cl)s2)ncn1. The molecule has 2 aromatic heterocycles. The second kappa shape index (κ2) is 9.07. The molecule has 0 radical (unpaired) electrons. The van der Waals surface area contributed by atoms with E-state index in [0.29, 0.717) is 15.8 Å². The number of rotatable bonds is 8. The molecular formula is C17H21ClN4O3S. The van der Waals surface area contributed by atoms with Crippen molar-refractivity contribution < 1.29 is 14.7 Å². The third-order valence-corrected chi connectivity index (χ3v) is 4.98. The van der Waals surface area contributed by atoms with Gasteiger partial charge in [-0.15, -0.1) is 11.3 Å². The van der Waals surface area contributed by atoms with E-state index in [0.717, 1.165) is 4.88 Å². The van der Waals surface area contributed by atoms with Crippen LogP contribution in [0.1, 0.15) is 22.3 Å². The van der Waals surface area contributed by atoms with Crippen LogP contribution in [0.3, 0.4) is 0 Å². The molecule has 1 amide bonds. The van der Waals surface area contributed by atoms with Gasteiger partial charge in [-0.1, -0.05) is 11.6 Å². The van der Waals surface area contributed by atoms with Gasteiger partial charge in [-0.25, -0.2) is 9.97 Å². The average molecular weight is 397 g/mol. The smallest absolute Gasteiger partial charge is 0.227 e. The first-order valence-corrected chi connectivity index (χ1v) is 9.16. The molecule has 26 heavy (non-hydrogen) atoms. The monoisotopic (exact) mass is 396 g/mol. The fraction of sp³-hybridized carbons (Fsp3) is 0.412. The van der Waals surface area contributed by atoms with Crippen LogP contribution in [-0.2, 0) is 11.2 Å². The third kappa shape index (κ3) is 5.76. The van der Waals surface area contributed by atoms with Gasteiger partial charge >= 0.3 is 0 Å². The largest absolute Gasteiger partial charge is 0.389 e. The van der Waals surface area contributed by atoms with Crippen LogP contribution in [0.5, 0.6) is 0 Å². The van der Waals surface area contributed by atoms with Crippen molar-refractivity contribution in [1.82, 2.24) is 14.9 Å². The van der Waals surface area contributed by atoms with E-state index in [4.69, 9.17) is 11.6 Å². The summed E-state index contributed by atoms with van der Waals surface area (Å²) in [6.45, 7) is 1.88. The van der Waals surface area contributed by atoms with Gasteiger partial charge in [0, 0.05) is 45.1 Å². The highest BCUT2D eigenvalue weighted by molar-refractivity contribution is 7.16. The van der Waals surface area contributed by atoms with E-state index in [1.165, 1.54) is 29.5 Å². The van der Waals surface area contributed by atoms with E-state index >= 15 is 0 Å². The Morgan fingerprint density at radius 2 is 2.00 bits per heavy atom. The van der Waals surface area contributed by atoms with Gasteiger partial charge in [-0.3, -0.25) is 9.59 Å². The average Bonchev–Trinajstić information content (AvgIpc) is 2.99. The van der Waals surface area contributed by atoms with Crippen LogP contribution in [0.2, 0.25) is 4.34 Å². The van der Waals surface area contributed by atoms with Crippen LogP contribution >= 0.6 is 22.9 Å². The molecule has 140 valence electrons. The molecule has 1 N–H and O–H groups in total. The minimum Gasteiger partial charge on any atom is -0.389 e. The first-order valence-electron chi connectivity index (χ1n) is 7.96. The van der Waals surface area contributed by atoms with Crippen molar-refractivity contribution in [3.8, 4) is 0 Å². The summed E-state index contributed by atoms with van der Waals surface area (Å²) in [5.41, 5.74) is 0.318. The second-order valence-corrected chi connectivity index (χ2v) is 7.81. The van der Waals surface area contributed by atoms with E-state index in [1.54, 1.807) is 31.1 Å². The number of aromatic nitrogens is 2. The summed E-state index contributed by atoms with van der Waals surface area (Å²) in [4.78, 5) is 35.8. The fourth-order valence-electron chi connectivity index (χ4n) is 2.36. The van der Waals surface area contributed by atoms with Crippen LogP contribution in [0.15, 0.2) is 24.5 Å². The normalized spacial score (nSPS) is 11.9. The van der Waals surface area contributed by atoms with Crippen molar-refractivity contribution in [2.24, 2.45) is 0 Å². The molecule has 1 unspecified atom stereocenters. The first kappa shape index (κ1) is 20.3. The number of anilines is 1. The number of halogens is 1. The number of Topliss-reactive ketones (excluding diaryl/α,β-unsaturated/α-hetero) is 1. The Morgan fingerprint density at radius 1 is 1.27 bits per heavy atom. The van der Waals surface area contributed by atoms with Crippen LogP contribution in [0.25, 0.3) is 0 Å². The molecule has 0 spiro atoms. The van der Waals surface area contributed by atoms with Gasteiger partial charge in [-0.05, 0) is 12.1 Å². The molecule has 7 nitrogen and oxygen atoms in total. The number of hydrogen-bond acceptors (Lipinski definition) is 7. The maximum atomic E-state index is 12.2. The summed E-state index contributed by atoms with van der Waals surface area (Å²) in [6, 6.07) is 5.16. The highest BCUT2D eigenvalue weighted by Crippen LogP contribution is 2.22. The number of aliphatic hydroxyl groups excluding tert-OH is 1. The third-order valence-electron chi connectivity index (χ3n) is 3.75. The highest BCUT2D eigenvalue weighted by atomic mass is 35.5. The molecule has 0 aromatic carbocycles. The van der Waals surface area contributed by atoms with E-state index < -0.39 is 6.10 Å². The van der Waals surface area contributed by atoms with E-state index in [2.05, 4.69) is 9.97 Å². The van der Waals surface area contributed by atoms with E-state index in [9.17, 15) is 14.7 Å². The summed E-state index contributed by atoms with van der Waals surface area (Å²) in [6.07, 6.45) is 0.803. The van der Waals surface area contributed by atoms with Gasteiger partial charge in [0.1, 0.15) is 17.8 Å². The van der Waals surface area contributed by atoms with Crippen LogP contribution < -0.4 is 4.90 Å². The summed E-state index contributed by atoms with van der Waals surface area (Å²) in [5, 5.41) is 10.3. The van der Waals surface area contributed by atoms with Gasteiger partial charge in [0.15, 0.2) is 5.78 Å². The van der Waals surface area contributed by atoms with Gasteiger partial charge in [0.25, 0.3) is 0 Å². The lowest BCUT2D eigenvalue weighted by Crippen LogP contribution is -2.40. The molecule has 0 bridgehead atoms. The molecular weight excluding hydrogens is 376 g/mol. The zero-order chi connectivity index (χ0) is 19.3. The summed E-state index contributed by atoms with van der Waals surface area (Å²) in [7, 11) is 3.41. The molecule has 0 aliphatic carbocycles. The maximum absolute atomic E-state index is 12.2. The number of carbonyl (C=O) groups is 2. The zero-order valence-corrected chi connectivity index (χ0v) is 16.4. The van der Waals surface area contributed by atoms with Crippen LogP contribution in [0, 0.1) is 0 Å². The summed E-state index contributed by atoms with van der Waals surface area (Å²) >= 11 is 7.24. The zero-order valence-electron chi connectivity index (χ0n) is 14.8. The van der Waals surface area contributed by atoms with E-state index in [-0.39, 0.29) is 31.2 Å². The molecule has 2 rings (SSSR count). The van der Waals surface area contributed by atoms with Crippen molar-refractivity contribution in [3.63, 3.8) is 0 Å². The maximum Gasteiger partial charge on any atom is 0.227 e. The number of carbonyl (C=O) groups excluding carboxylic acids is 2. The summed E-state index contributed by atoms with van der Waals surface area (Å²) < 4.78 is 0.645. The quantitative estimate of drug-likeness (QED) is 0.686. The lowest BCUT2D eigenvalue weighted by molar-refractivity contribution is -0.130. The van der Waals surface area contributed by atoms with Crippen molar-refractivity contribution in [3.05, 3.63) is 39.4 Å². The predicted octanol–water partition coefficient (Wildman–Crippen LogP) is 1.89. The molecule has 0 aliphatic heterocycles. The Hall–Kier alpha value is -2.03. The van der Waals surface area contributed by atoms with Crippen molar-refractivity contribution in [1.29, 1.82) is 0 Å². The molecule has 2 aromatic rings. The number of nitrogens with zero attached hydrogens (tertiary/aromatic N) is 4. The van der Waals surface area contributed by atoms with Crippen molar-refractivity contribution in [2.45, 2.75) is 19.4 Å².